The molecule has 1 atom stereocenters. The number of aliphatic hydroxyl groups excluding tert-OH is 2. The van der Waals surface area contributed by atoms with Crippen molar-refractivity contribution in [2.45, 2.75) is 76.8 Å². The minimum Gasteiger partial charge on any atom is -0.396 e. The molecule has 17 heteroatoms. The maximum absolute atomic E-state index is 13.5. The average Bonchev–Trinajstić information content (AvgIpc) is 3.89. The van der Waals surface area contributed by atoms with Gasteiger partial charge in [-0.05, 0) is 57.3 Å². The van der Waals surface area contributed by atoms with E-state index >= 15 is 0 Å². The summed E-state index contributed by atoms with van der Waals surface area (Å²) in [4.78, 5) is 52.3. The molecule has 0 aliphatic carbocycles. The van der Waals surface area contributed by atoms with Crippen LogP contribution in [0.2, 0.25) is 0 Å². The summed E-state index contributed by atoms with van der Waals surface area (Å²) in [6.45, 7) is 8.99. The van der Waals surface area contributed by atoms with Gasteiger partial charge in [0.2, 0.25) is 0 Å². The number of nitrogens with zero attached hydrogens (tertiary/aromatic N) is 6. The highest BCUT2D eigenvalue weighted by molar-refractivity contribution is 7.91. The van der Waals surface area contributed by atoms with Gasteiger partial charge in [-0.15, -0.1) is 0 Å². The first-order chi connectivity index (χ1) is 32.0. The van der Waals surface area contributed by atoms with Gasteiger partial charge in [0, 0.05) is 71.6 Å². The van der Waals surface area contributed by atoms with E-state index in [9.17, 15) is 42.0 Å². The fraction of sp³-hybridized carbons (Fsp3) is 0.360. The third kappa shape index (κ3) is 9.82. The molecule has 0 aliphatic heterocycles. The first-order valence-corrected chi connectivity index (χ1v) is 25.4. The van der Waals surface area contributed by atoms with E-state index in [4.69, 9.17) is 0 Å². The molecule has 4 heterocycles. The van der Waals surface area contributed by atoms with Crippen molar-refractivity contribution in [2.24, 2.45) is 25.9 Å². The molecule has 0 fully saturated rings. The summed E-state index contributed by atoms with van der Waals surface area (Å²) in [6, 6.07) is 27.7. The molecule has 1 unspecified atom stereocenters. The van der Waals surface area contributed by atoms with Gasteiger partial charge >= 0.3 is 11.4 Å². The van der Waals surface area contributed by atoms with E-state index in [0.29, 0.717) is 47.5 Å². The summed E-state index contributed by atoms with van der Waals surface area (Å²) < 4.78 is 48.9. The molecule has 0 radical (unpaired) electrons. The SMILES string of the molecule is CC(C)Cn1c(=O)n(C)c(=O)c2c(S(=O)(=O)CCCO)n(Cc3cccc4ccccc34)cc21.CC(C)Cn1c(=O)n(C)c(=O)c2c(S(=O)CCCO)n(Cc3cccc4ccccc34)cc21. The van der Waals surface area contributed by atoms with Crippen LogP contribution < -0.4 is 22.5 Å². The second-order valence-corrected chi connectivity index (χ2v) is 21.3. The van der Waals surface area contributed by atoms with Gasteiger partial charge in [0.25, 0.3) is 11.1 Å². The molecule has 0 spiro atoms. The molecule has 8 rings (SSSR count). The predicted octanol–water partition coefficient (Wildman–Crippen LogP) is 5.36. The third-order valence-corrected chi connectivity index (χ3v) is 15.2. The second kappa shape index (κ2) is 20.4. The first kappa shape index (κ1) is 48.8. The molecule has 0 amide bonds. The van der Waals surface area contributed by atoms with Gasteiger partial charge in [-0.25, -0.2) is 18.0 Å². The van der Waals surface area contributed by atoms with Crippen LogP contribution in [-0.4, -0.2) is 75.0 Å². The number of hydrogen-bond donors (Lipinski definition) is 2. The zero-order valence-corrected chi connectivity index (χ0v) is 40.3. The summed E-state index contributed by atoms with van der Waals surface area (Å²) in [5.41, 5.74) is 0.797. The molecule has 67 heavy (non-hydrogen) atoms. The predicted molar refractivity (Wildman–Crippen MR) is 265 cm³/mol. The van der Waals surface area contributed by atoms with Crippen LogP contribution >= 0.6 is 0 Å². The molecule has 0 saturated carbocycles. The van der Waals surface area contributed by atoms with E-state index in [1.54, 1.807) is 21.5 Å². The number of aromatic nitrogens is 6. The van der Waals surface area contributed by atoms with E-state index in [1.807, 2.05) is 117 Å². The summed E-state index contributed by atoms with van der Waals surface area (Å²) in [7, 11) is -2.62. The maximum atomic E-state index is 13.5. The topological polar surface area (TPSA) is 190 Å². The van der Waals surface area contributed by atoms with Crippen LogP contribution in [-0.2, 0) is 60.9 Å². The fourth-order valence-electron chi connectivity index (χ4n) is 8.70. The highest BCUT2D eigenvalue weighted by Crippen LogP contribution is 2.29. The Morgan fingerprint density at radius 3 is 1.55 bits per heavy atom. The zero-order chi connectivity index (χ0) is 48.3. The van der Waals surface area contributed by atoms with E-state index < -0.39 is 37.4 Å². The molecule has 8 aromatic rings. The Bertz CT molecular complexity index is 3510. The quantitative estimate of drug-likeness (QED) is 0.128. The van der Waals surface area contributed by atoms with E-state index in [0.717, 1.165) is 41.8 Å². The third-order valence-electron chi connectivity index (χ3n) is 11.8. The molecular weight excluding hydrogens is 893 g/mol. The van der Waals surface area contributed by atoms with Crippen LogP contribution in [0.5, 0.6) is 0 Å². The summed E-state index contributed by atoms with van der Waals surface area (Å²) in [5.74, 6) is 0.227. The summed E-state index contributed by atoms with van der Waals surface area (Å²) in [5, 5.41) is 23.3. The summed E-state index contributed by atoms with van der Waals surface area (Å²) in [6.07, 6.45) is 3.80. The van der Waals surface area contributed by atoms with Crippen LogP contribution in [0.1, 0.15) is 51.7 Å². The molecule has 15 nitrogen and oxygen atoms in total. The Balaban J connectivity index is 0.000000199. The maximum Gasteiger partial charge on any atom is 0.331 e. The standard InChI is InChI=1S/C25H29N3O5S.C25H29N3O4S/c1-17(2)14-28-21-16-27(15-19-10-6-9-18-8-4-5-11-20(18)19)24(34(32,33)13-7-12-29)22(21)23(30)26(3)25(28)31;1-17(2)14-28-21-16-27(15-19-10-6-9-18-8-4-5-11-20(18)19)24(33(32)13-7-12-29)22(21)23(30)26(3)25(28)31/h4-6,8-11,16-17,29H,7,12-15H2,1-3H3;4-6,8-11,16-17,29H,7,12-15H2,1-3H3. The van der Waals surface area contributed by atoms with Crippen LogP contribution in [0.4, 0.5) is 0 Å². The van der Waals surface area contributed by atoms with Crippen molar-refractivity contribution in [1.82, 2.24) is 27.4 Å². The van der Waals surface area contributed by atoms with Gasteiger partial charge < -0.3 is 19.3 Å². The number of aliphatic hydroxyl groups is 2. The second-order valence-electron chi connectivity index (χ2n) is 17.7. The van der Waals surface area contributed by atoms with Gasteiger partial charge in [-0.1, -0.05) is 113 Å². The Labute approximate surface area is 390 Å². The smallest absolute Gasteiger partial charge is 0.331 e. The first-order valence-electron chi connectivity index (χ1n) is 22.4. The number of hydrogen-bond acceptors (Lipinski definition) is 9. The number of sulfone groups is 1. The lowest BCUT2D eigenvalue weighted by Gasteiger charge is -2.13. The average molecular weight is 951 g/mol. The van der Waals surface area contributed by atoms with E-state index in [2.05, 4.69) is 0 Å². The summed E-state index contributed by atoms with van der Waals surface area (Å²) >= 11 is 0. The Morgan fingerprint density at radius 2 is 1.04 bits per heavy atom. The van der Waals surface area contributed by atoms with Crippen molar-refractivity contribution in [3.63, 3.8) is 0 Å². The fourth-order valence-corrected chi connectivity index (χ4v) is 11.8. The highest BCUT2D eigenvalue weighted by Gasteiger charge is 2.29. The van der Waals surface area contributed by atoms with Gasteiger partial charge in [0.05, 0.1) is 33.0 Å². The molecule has 4 aromatic carbocycles. The van der Waals surface area contributed by atoms with Crippen LogP contribution in [0.3, 0.4) is 0 Å². The number of benzene rings is 4. The molecule has 0 saturated heterocycles. The normalized spacial score (nSPS) is 12.5. The van der Waals surface area contributed by atoms with Crippen molar-refractivity contribution >= 4 is 64.0 Å². The van der Waals surface area contributed by atoms with Crippen LogP contribution in [0.15, 0.2) is 127 Å². The van der Waals surface area contributed by atoms with Gasteiger partial charge in [-0.2, -0.15) is 0 Å². The minimum absolute atomic E-state index is 0.0147. The van der Waals surface area contributed by atoms with E-state index in [1.165, 1.54) is 18.7 Å². The van der Waals surface area contributed by atoms with Gasteiger partial charge in [0.15, 0.2) is 14.9 Å². The monoisotopic (exact) mass is 950 g/mol. The Kier molecular flexibility index (Phi) is 14.8. The molecular formula is C50H58N6O9S2. The van der Waals surface area contributed by atoms with Crippen LogP contribution in [0.25, 0.3) is 43.4 Å². The Hall–Kier alpha value is -6.14. The lowest BCUT2D eigenvalue weighted by atomic mass is 10.0. The minimum atomic E-state index is -3.93. The largest absolute Gasteiger partial charge is 0.396 e. The van der Waals surface area contributed by atoms with E-state index in [-0.39, 0.29) is 65.6 Å². The lowest BCUT2D eigenvalue weighted by Crippen LogP contribution is -2.39. The van der Waals surface area contributed by atoms with Crippen LogP contribution in [0, 0.1) is 11.8 Å². The molecule has 354 valence electrons. The van der Waals surface area contributed by atoms with Gasteiger partial charge in [0.1, 0.15) is 10.4 Å². The van der Waals surface area contributed by atoms with Crippen molar-refractivity contribution in [3.05, 3.63) is 150 Å². The zero-order valence-electron chi connectivity index (χ0n) is 38.7. The number of rotatable bonds is 16. The molecule has 4 aromatic heterocycles. The highest BCUT2D eigenvalue weighted by atomic mass is 32.2. The van der Waals surface area contributed by atoms with Crippen molar-refractivity contribution < 1.29 is 22.8 Å². The lowest BCUT2D eigenvalue weighted by molar-refractivity contribution is 0.295. The molecule has 0 aliphatic rings. The van der Waals surface area contributed by atoms with Crippen molar-refractivity contribution in [3.8, 4) is 0 Å². The van der Waals surface area contributed by atoms with Crippen molar-refractivity contribution in [1.29, 1.82) is 0 Å². The van der Waals surface area contributed by atoms with Gasteiger partial charge in [-0.3, -0.25) is 32.1 Å². The molecule has 0 bridgehead atoms. The molecule has 2 N–H and O–H groups in total. The number of fused-ring (bicyclic) bond motifs is 4. The Morgan fingerprint density at radius 1 is 0.597 bits per heavy atom. The van der Waals surface area contributed by atoms with Crippen molar-refractivity contribution in [2.75, 3.05) is 24.7 Å².